The van der Waals surface area contributed by atoms with Crippen LogP contribution in [-0.2, 0) is 14.3 Å². The Morgan fingerprint density at radius 1 is 1.00 bits per heavy atom. The zero-order chi connectivity index (χ0) is 18.9. The number of esters is 1. The lowest BCUT2D eigenvalue weighted by Crippen LogP contribution is -2.21. The highest BCUT2D eigenvalue weighted by atomic mass is 16.5. The van der Waals surface area contributed by atoms with Crippen molar-refractivity contribution in [3.05, 3.63) is 53.6 Å². The largest absolute Gasteiger partial charge is 0.493 e. The molecule has 1 amide bonds. The van der Waals surface area contributed by atoms with E-state index in [1.54, 1.807) is 19.2 Å². The summed E-state index contributed by atoms with van der Waals surface area (Å²) in [6.45, 7) is 3.70. The third-order valence-electron chi connectivity index (χ3n) is 3.50. The van der Waals surface area contributed by atoms with Gasteiger partial charge in [0.1, 0.15) is 0 Å². The number of hydrogen-bond acceptors (Lipinski definition) is 5. The predicted molar refractivity (Wildman–Crippen MR) is 98.6 cm³/mol. The molecule has 0 aromatic heterocycles. The van der Waals surface area contributed by atoms with Gasteiger partial charge in [-0.05, 0) is 49.2 Å². The Morgan fingerprint density at radius 3 is 2.31 bits per heavy atom. The van der Waals surface area contributed by atoms with E-state index < -0.39 is 5.97 Å². The minimum absolute atomic E-state index is 0.0366. The summed E-state index contributed by atoms with van der Waals surface area (Å²) >= 11 is 0. The van der Waals surface area contributed by atoms with Crippen LogP contribution in [0.25, 0.3) is 0 Å². The normalized spacial score (nSPS) is 10.1. The van der Waals surface area contributed by atoms with E-state index in [0.29, 0.717) is 17.2 Å². The first kappa shape index (κ1) is 19.3. The van der Waals surface area contributed by atoms with Crippen LogP contribution in [0.3, 0.4) is 0 Å². The summed E-state index contributed by atoms with van der Waals surface area (Å²) in [6.07, 6.45) is 0.0366. The molecule has 0 heterocycles. The molecule has 2 rings (SSSR count). The van der Waals surface area contributed by atoms with Gasteiger partial charge < -0.3 is 19.5 Å². The Hall–Kier alpha value is -3.02. The number of amides is 1. The minimum Gasteiger partial charge on any atom is -0.493 e. The van der Waals surface area contributed by atoms with Crippen LogP contribution in [0.5, 0.6) is 11.5 Å². The first-order valence-electron chi connectivity index (χ1n) is 8.27. The van der Waals surface area contributed by atoms with Gasteiger partial charge in [0.25, 0.3) is 5.91 Å². The van der Waals surface area contributed by atoms with Crippen LogP contribution in [-0.4, -0.2) is 32.2 Å². The van der Waals surface area contributed by atoms with E-state index in [1.165, 1.54) is 0 Å². The van der Waals surface area contributed by atoms with E-state index in [-0.39, 0.29) is 25.5 Å². The zero-order valence-electron chi connectivity index (χ0n) is 15.2. The van der Waals surface area contributed by atoms with Crippen LogP contribution in [0.2, 0.25) is 0 Å². The smallest absolute Gasteiger partial charge is 0.309 e. The lowest BCUT2D eigenvalue weighted by molar-refractivity contribution is -0.147. The summed E-state index contributed by atoms with van der Waals surface area (Å²) in [5.41, 5.74) is 2.78. The molecular weight excluding hydrogens is 334 g/mol. The fourth-order valence-electron chi connectivity index (χ4n) is 2.44. The quantitative estimate of drug-likeness (QED) is 0.734. The average molecular weight is 357 g/mol. The van der Waals surface area contributed by atoms with Crippen LogP contribution < -0.4 is 14.8 Å². The number of methoxy groups -OCH3 is 1. The number of nitrogens with one attached hydrogen (secondary N) is 1. The highest BCUT2D eigenvalue weighted by molar-refractivity contribution is 5.92. The minimum atomic E-state index is -0.504. The van der Waals surface area contributed by atoms with Crippen LogP contribution in [0.4, 0.5) is 5.69 Å². The molecule has 0 saturated carbocycles. The number of carbonyl (C=O) groups is 2. The second-order valence-corrected chi connectivity index (χ2v) is 5.83. The molecule has 0 unspecified atom stereocenters. The van der Waals surface area contributed by atoms with Gasteiger partial charge in [-0.2, -0.15) is 0 Å². The second-order valence-electron chi connectivity index (χ2n) is 5.83. The van der Waals surface area contributed by atoms with Crippen molar-refractivity contribution in [3.8, 4) is 11.5 Å². The van der Waals surface area contributed by atoms with Gasteiger partial charge in [0, 0.05) is 5.69 Å². The first-order valence-corrected chi connectivity index (χ1v) is 8.27. The molecule has 26 heavy (non-hydrogen) atoms. The standard InChI is InChI=1S/C20H23NO5/c1-14-10-15(2)12-16(11-14)21-19(22)13-26-20(23)8-9-25-18-7-5-4-6-17(18)24-3/h4-7,10-12H,8-9,13H2,1-3H3,(H,21,22). The fraction of sp³-hybridized carbons (Fsp3) is 0.300. The fourth-order valence-corrected chi connectivity index (χ4v) is 2.44. The van der Waals surface area contributed by atoms with E-state index in [9.17, 15) is 9.59 Å². The Morgan fingerprint density at radius 2 is 1.65 bits per heavy atom. The van der Waals surface area contributed by atoms with Crippen molar-refractivity contribution in [2.75, 3.05) is 25.6 Å². The molecular formula is C20H23NO5. The van der Waals surface area contributed by atoms with Crippen molar-refractivity contribution in [1.82, 2.24) is 0 Å². The van der Waals surface area contributed by atoms with Crippen molar-refractivity contribution in [2.45, 2.75) is 20.3 Å². The van der Waals surface area contributed by atoms with Gasteiger partial charge in [-0.15, -0.1) is 0 Å². The molecule has 6 heteroatoms. The van der Waals surface area contributed by atoms with Crippen molar-refractivity contribution in [2.24, 2.45) is 0 Å². The topological polar surface area (TPSA) is 73.9 Å². The number of hydrogen-bond donors (Lipinski definition) is 1. The number of anilines is 1. The molecule has 6 nitrogen and oxygen atoms in total. The summed E-state index contributed by atoms with van der Waals surface area (Å²) in [7, 11) is 1.55. The molecule has 0 aliphatic rings. The molecule has 0 aliphatic carbocycles. The van der Waals surface area contributed by atoms with Gasteiger partial charge in [0.15, 0.2) is 18.1 Å². The molecule has 2 aromatic carbocycles. The van der Waals surface area contributed by atoms with Gasteiger partial charge in [-0.25, -0.2) is 0 Å². The highest BCUT2D eigenvalue weighted by Gasteiger charge is 2.10. The van der Waals surface area contributed by atoms with E-state index in [0.717, 1.165) is 11.1 Å². The molecule has 138 valence electrons. The molecule has 0 radical (unpaired) electrons. The summed E-state index contributed by atoms with van der Waals surface area (Å²) in [6, 6.07) is 12.9. The monoisotopic (exact) mass is 357 g/mol. The summed E-state index contributed by atoms with van der Waals surface area (Å²) in [5.74, 6) is 0.258. The number of aryl methyl sites for hydroxylation is 2. The average Bonchev–Trinajstić information content (AvgIpc) is 2.59. The molecule has 0 atom stereocenters. The van der Waals surface area contributed by atoms with Gasteiger partial charge >= 0.3 is 5.97 Å². The second kappa shape index (κ2) is 9.46. The highest BCUT2D eigenvalue weighted by Crippen LogP contribution is 2.25. The van der Waals surface area contributed by atoms with E-state index in [2.05, 4.69) is 5.32 Å². The molecule has 0 bridgehead atoms. The predicted octanol–water partition coefficient (Wildman–Crippen LogP) is 3.26. The summed E-state index contributed by atoms with van der Waals surface area (Å²) in [4.78, 5) is 23.6. The van der Waals surface area contributed by atoms with E-state index in [1.807, 2.05) is 44.2 Å². The zero-order valence-corrected chi connectivity index (χ0v) is 15.2. The number of ether oxygens (including phenoxy) is 3. The van der Waals surface area contributed by atoms with Gasteiger partial charge in [-0.3, -0.25) is 9.59 Å². The van der Waals surface area contributed by atoms with Gasteiger partial charge in [-0.1, -0.05) is 18.2 Å². The van der Waals surface area contributed by atoms with Crippen LogP contribution in [0.15, 0.2) is 42.5 Å². The Kier molecular flexibility index (Phi) is 7.02. The third-order valence-corrected chi connectivity index (χ3v) is 3.50. The van der Waals surface area contributed by atoms with Gasteiger partial charge in [0.05, 0.1) is 20.1 Å². The van der Waals surface area contributed by atoms with Crippen molar-refractivity contribution >= 4 is 17.6 Å². The molecule has 0 saturated heterocycles. The Bertz CT molecular complexity index is 752. The molecule has 0 fully saturated rings. The number of rotatable bonds is 8. The molecule has 0 aliphatic heterocycles. The van der Waals surface area contributed by atoms with Crippen LogP contribution >= 0.6 is 0 Å². The van der Waals surface area contributed by atoms with Gasteiger partial charge in [0.2, 0.25) is 0 Å². The first-order chi connectivity index (χ1) is 12.5. The lowest BCUT2D eigenvalue weighted by Gasteiger charge is -2.10. The number of benzene rings is 2. The molecule has 0 spiro atoms. The number of para-hydroxylation sites is 2. The maximum absolute atomic E-state index is 11.9. The third kappa shape index (κ3) is 6.12. The van der Waals surface area contributed by atoms with Crippen LogP contribution in [0, 0.1) is 13.8 Å². The van der Waals surface area contributed by atoms with Crippen molar-refractivity contribution < 1.29 is 23.8 Å². The summed E-state index contributed by atoms with van der Waals surface area (Å²) < 4.78 is 15.6. The van der Waals surface area contributed by atoms with Crippen molar-refractivity contribution in [3.63, 3.8) is 0 Å². The van der Waals surface area contributed by atoms with E-state index >= 15 is 0 Å². The van der Waals surface area contributed by atoms with Crippen LogP contribution in [0.1, 0.15) is 17.5 Å². The SMILES string of the molecule is COc1ccccc1OCCC(=O)OCC(=O)Nc1cc(C)cc(C)c1. The molecule has 2 aromatic rings. The Balaban J connectivity index is 1.72. The molecule has 1 N–H and O–H groups in total. The maximum atomic E-state index is 11.9. The van der Waals surface area contributed by atoms with Crippen molar-refractivity contribution in [1.29, 1.82) is 0 Å². The van der Waals surface area contributed by atoms with E-state index in [4.69, 9.17) is 14.2 Å². The Labute approximate surface area is 153 Å². The maximum Gasteiger partial charge on any atom is 0.309 e. The summed E-state index contributed by atoms with van der Waals surface area (Å²) in [5, 5.41) is 2.71. The lowest BCUT2D eigenvalue weighted by atomic mass is 10.1. The number of carbonyl (C=O) groups excluding carboxylic acids is 2.